The summed E-state index contributed by atoms with van der Waals surface area (Å²) in [6.45, 7) is 0. The molecule has 2 N–H and O–H groups in total. The van der Waals surface area contributed by atoms with Crippen LogP contribution in [0.15, 0.2) is 36.4 Å². The number of benzene rings is 2. The van der Waals surface area contributed by atoms with E-state index in [0.717, 1.165) is 0 Å². The van der Waals surface area contributed by atoms with Crippen LogP contribution in [-0.2, 0) is 0 Å². The first kappa shape index (κ1) is 15.0. The van der Waals surface area contributed by atoms with Gasteiger partial charge >= 0.3 is 0 Å². The van der Waals surface area contributed by atoms with Gasteiger partial charge in [0.05, 0.1) is 22.3 Å². The van der Waals surface area contributed by atoms with Gasteiger partial charge in [0.15, 0.2) is 0 Å². The molecule has 0 fully saturated rings. The Balaban J connectivity index is 1.67. The fourth-order valence-electron chi connectivity index (χ4n) is 2.68. The number of imide groups is 2. The molecule has 0 saturated heterocycles. The number of hydrogen-bond acceptors (Lipinski definition) is 7. The highest BCUT2D eigenvalue weighted by atomic mass is 16.5. The fraction of sp³-hybridized carbons (Fsp3) is 0. The highest BCUT2D eigenvalue weighted by Crippen LogP contribution is 2.31. The van der Waals surface area contributed by atoms with Gasteiger partial charge in [0, 0.05) is 0 Å². The molecule has 2 aromatic carbocycles. The van der Waals surface area contributed by atoms with E-state index in [1.54, 1.807) is 0 Å². The average molecular weight is 340 g/mol. The van der Waals surface area contributed by atoms with Crippen molar-refractivity contribution in [3.8, 4) is 11.5 Å². The molecule has 0 spiro atoms. The van der Waals surface area contributed by atoms with Gasteiger partial charge < -0.3 is 4.74 Å². The molecule has 25 heavy (non-hydrogen) atoms. The molecular weight excluding hydrogens is 332 g/mol. The Bertz CT molecular complexity index is 918. The third kappa shape index (κ3) is 2.04. The number of carbonyl (C=O) groups is 4. The second kappa shape index (κ2) is 4.97. The van der Waals surface area contributed by atoms with E-state index in [0.29, 0.717) is 0 Å². The summed E-state index contributed by atoms with van der Waals surface area (Å²) >= 11 is 0. The molecule has 2 aromatic rings. The second-order valence-electron chi connectivity index (χ2n) is 5.36. The first-order chi connectivity index (χ1) is 11.9. The first-order valence-corrected chi connectivity index (χ1v) is 7.00. The fourth-order valence-corrected chi connectivity index (χ4v) is 2.68. The van der Waals surface area contributed by atoms with Crippen LogP contribution in [0.1, 0.15) is 41.4 Å². The third-order valence-electron chi connectivity index (χ3n) is 3.91. The SMILES string of the molecule is O=C1c2ccc(Oc3ccc4c(c3)C(=O)N(O)C4=O)cc2C(=O)N1O. The Morgan fingerprint density at radius 3 is 1.36 bits per heavy atom. The van der Waals surface area contributed by atoms with E-state index < -0.39 is 23.6 Å². The first-order valence-electron chi connectivity index (χ1n) is 7.00. The van der Waals surface area contributed by atoms with Crippen molar-refractivity contribution in [1.82, 2.24) is 10.1 Å². The number of fused-ring (bicyclic) bond motifs is 2. The maximum atomic E-state index is 11.8. The number of amides is 4. The molecule has 0 saturated carbocycles. The minimum Gasteiger partial charge on any atom is -0.457 e. The number of carbonyl (C=O) groups excluding carboxylic acids is 4. The Morgan fingerprint density at radius 2 is 0.960 bits per heavy atom. The predicted octanol–water partition coefficient (Wildman–Crippen LogP) is 1.45. The van der Waals surface area contributed by atoms with Gasteiger partial charge in [-0.05, 0) is 36.4 Å². The Kier molecular flexibility index (Phi) is 2.98. The highest BCUT2D eigenvalue weighted by molar-refractivity contribution is 6.21. The molecule has 4 amide bonds. The molecule has 4 rings (SSSR count). The van der Waals surface area contributed by atoms with Crippen LogP contribution in [-0.4, -0.2) is 44.2 Å². The van der Waals surface area contributed by atoms with E-state index in [2.05, 4.69) is 0 Å². The molecule has 2 heterocycles. The summed E-state index contributed by atoms with van der Waals surface area (Å²) in [5.41, 5.74) is 0.0638. The number of ether oxygens (including phenoxy) is 1. The Labute approximate surface area is 139 Å². The molecule has 9 heteroatoms. The monoisotopic (exact) mass is 340 g/mol. The van der Waals surface area contributed by atoms with Crippen molar-refractivity contribution in [2.75, 3.05) is 0 Å². The lowest BCUT2D eigenvalue weighted by molar-refractivity contribution is -0.0330. The van der Waals surface area contributed by atoms with Gasteiger partial charge in [-0.1, -0.05) is 0 Å². The van der Waals surface area contributed by atoms with E-state index in [9.17, 15) is 29.6 Å². The summed E-state index contributed by atoms with van der Waals surface area (Å²) in [6.07, 6.45) is 0. The van der Waals surface area contributed by atoms with Crippen LogP contribution in [0.4, 0.5) is 0 Å². The highest BCUT2D eigenvalue weighted by Gasteiger charge is 2.36. The van der Waals surface area contributed by atoms with E-state index in [4.69, 9.17) is 4.74 Å². The van der Waals surface area contributed by atoms with Crippen molar-refractivity contribution in [3.05, 3.63) is 58.7 Å². The zero-order valence-electron chi connectivity index (χ0n) is 12.3. The summed E-state index contributed by atoms with van der Waals surface area (Å²) < 4.78 is 5.54. The number of nitrogens with zero attached hydrogens (tertiary/aromatic N) is 2. The summed E-state index contributed by atoms with van der Waals surface area (Å²) in [6, 6.07) is 8.06. The summed E-state index contributed by atoms with van der Waals surface area (Å²) in [7, 11) is 0. The number of hydroxylamine groups is 4. The van der Waals surface area contributed by atoms with Crippen molar-refractivity contribution in [3.63, 3.8) is 0 Å². The van der Waals surface area contributed by atoms with E-state index in [1.807, 2.05) is 0 Å². The second-order valence-corrected chi connectivity index (χ2v) is 5.36. The van der Waals surface area contributed by atoms with Crippen molar-refractivity contribution in [2.45, 2.75) is 0 Å². The summed E-state index contributed by atoms with van der Waals surface area (Å²) in [4.78, 5) is 46.8. The molecule has 124 valence electrons. The Hall–Kier alpha value is -3.56. The largest absolute Gasteiger partial charge is 0.457 e. The zero-order valence-corrected chi connectivity index (χ0v) is 12.3. The lowest BCUT2D eigenvalue weighted by Crippen LogP contribution is -2.25. The van der Waals surface area contributed by atoms with E-state index in [-0.39, 0.29) is 43.9 Å². The van der Waals surface area contributed by atoms with Gasteiger partial charge in [0.25, 0.3) is 23.6 Å². The van der Waals surface area contributed by atoms with Crippen LogP contribution in [0.2, 0.25) is 0 Å². The van der Waals surface area contributed by atoms with E-state index >= 15 is 0 Å². The van der Waals surface area contributed by atoms with Crippen LogP contribution in [0, 0.1) is 0 Å². The van der Waals surface area contributed by atoms with Crippen molar-refractivity contribution < 1.29 is 34.3 Å². The minimum atomic E-state index is -0.865. The van der Waals surface area contributed by atoms with Crippen molar-refractivity contribution in [1.29, 1.82) is 0 Å². The standard InChI is InChI=1S/C16H8N2O7/c19-13-9-3-1-7(5-11(9)15(21)17(13)23)25-8-2-4-10-12(6-8)16(22)18(24)14(10)20/h1-6,23-24H. The van der Waals surface area contributed by atoms with Crippen molar-refractivity contribution >= 4 is 23.6 Å². The molecule has 0 unspecified atom stereocenters. The van der Waals surface area contributed by atoms with Gasteiger partial charge in [-0.15, -0.1) is 10.1 Å². The minimum absolute atomic E-state index is 0.0149. The van der Waals surface area contributed by atoms with Gasteiger partial charge in [-0.2, -0.15) is 0 Å². The van der Waals surface area contributed by atoms with Gasteiger partial charge in [-0.3, -0.25) is 29.6 Å². The van der Waals surface area contributed by atoms with E-state index in [1.165, 1.54) is 36.4 Å². The lowest BCUT2D eigenvalue weighted by Gasteiger charge is -2.07. The Morgan fingerprint density at radius 1 is 0.600 bits per heavy atom. The number of hydrogen-bond donors (Lipinski definition) is 2. The molecule has 2 aliphatic rings. The molecule has 0 aromatic heterocycles. The van der Waals surface area contributed by atoms with Crippen LogP contribution in [0.3, 0.4) is 0 Å². The average Bonchev–Trinajstić information content (AvgIpc) is 2.96. The molecule has 9 nitrogen and oxygen atoms in total. The van der Waals surface area contributed by atoms with Crippen LogP contribution >= 0.6 is 0 Å². The normalized spacial score (nSPS) is 15.8. The maximum absolute atomic E-state index is 11.8. The van der Waals surface area contributed by atoms with Crippen LogP contribution in [0.25, 0.3) is 0 Å². The van der Waals surface area contributed by atoms with Gasteiger partial charge in [0.1, 0.15) is 11.5 Å². The smallest absolute Gasteiger partial charge is 0.285 e. The quantitative estimate of drug-likeness (QED) is 0.626. The molecule has 2 aliphatic heterocycles. The number of rotatable bonds is 2. The predicted molar refractivity (Wildman–Crippen MR) is 77.5 cm³/mol. The summed E-state index contributed by atoms with van der Waals surface area (Å²) in [5.74, 6) is -3.00. The maximum Gasteiger partial charge on any atom is 0.285 e. The van der Waals surface area contributed by atoms with Crippen LogP contribution in [0.5, 0.6) is 11.5 Å². The molecular formula is C16H8N2O7. The van der Waals surface area contributed by atoms with Crippen molar-refractivity contribution in [2.24, 2.45) is 0 Å². The van der Waals surface area contributed by atoms with Crippen LogP contribution < -0.4 is 4.74 Å². The van der Waals surface area contributed by atoms with Gasteiger partial charge in [0.2, 0.25) is 0 Å². The summed E-state index contributed by atoms with van der Waals surface area (Å²) in [5, 5.41) is 18.7. The topological polar surface area (TPSA) is 124 Å². The zero-order chi connectivity index (χ0) is 17.9. The third-order valence-corrected chi connectivity index (χ3v) is 3.91. The molecule has 0 bridgehead atoms. The molecule has 0 aliphatic carbocycles. The molecule has 0 radical (unpaired) electrons. The van der Waals surface area contributed by atoms with Gasteiger partial charge in [-0.25, -0.2) is 0 Å². The molecule has 0 atom stereocenters. The lowest BCUT2D eigenvalue weighted by atomic mass is 10.1.